The van der Waals surface area contributed by atoms with Crippen LogP contribution in [0, 0.1) is 11.3 Å². The van der Waals surface area contributed by atoms with E-state index in [0.717, 1.165) is 11.4 Å². The van der Waals surface area contributed by atoms with Crippen LogP contribution in [0.1, 0.15) is 40.2 Å². The lowest BCUT2D eigenvalue weighted by atomic mass is 9.76. The molecule has 0 aromatic heterocycles. The Hall–Kier alpha value is -2.31. The Morgan fingerprint density at radius 3 is 2.46 bits per heavy atom. The second-order valence-corrected chi connectivity index (χ2v) is 7.90. The molecule has 0 saturated carbocycles. The summed E-state index contributed by atoms with van der Waals surface area (Å²) in [6, 6.07) is 15.0. The highest BCUT2D eigenvalue weighted by atomic mass is 16.6. The first-order chi connectivity index (χ1) is 11.2. The van der Waals surface area contributed by atoms with E-state index in [0.29, 0.717) is 0 Å². The Bertz CT molecular complexity index is 932. The Labute approximate surface area is 143 Å². The molecule has 122 valence electrons. The zero-order valence-corrected chi connectivity index (χ0v) is 14.8. The molecule has 2 aliphatic rings. The van der Waals surface area contributed by atoms with Crippen molar-refractivity contribution in [3.63, 3.8) is 0 Å². The highest BCUT2D eigenvalue weighted by molar-refractivity contribution is 5.94. The summed E-state index contributed by atoms with van der Waals surface area (Å²) in [6.07, 6.45) is 1.63. The van der Waals surface area contributed by atoms with Crippen molar-refractivity contribution in [1.82, 2.24) is 0 Å². The fourth-order valence-electron chi connectivity index (χ4n) is 4.50. The minimum atomic E-state index is -0.522. The summed E-state index contributed by atoms with van der Waals surface area (Å²) in [5.41, 5.74) is 2.13. The van der Waals surface area contributed by atoms with Gasteiger partial charge in [0.25, 0.3) is 0 Å². The summed E-state index contributed by atoms with van der Waals surface area (Å²) >= 11 is 0. The molecule has 4 rings (SSSR count). The molecule has 2 aliphatic heterocycles. The van der Waals surface area contributed by atoms with Crippen molar-refractivity contribution in [3.8, 4) is 6.07 Å². The van der Waals surface area contributed by atoms with Crippen LogP contribution in [0.15, 0.2) is 48.2 Å². The van der Waals surface area contributed by atoms with Gasteiger partial charge in [0, 0.05) is 17.2 Å². The van der Waals surface area contributed by atoms with Crippen molar-refractivity contribution in [2.75, 3.05) is 4.90 Å². The van der Waals surface area contributed by atoms with E-state index in [2.05, 4.69) is 68.1 Å². The lowest BCUT2D eigenvalue weighted by Crippen LogP contribution is -2.50. The molecule has 0 amide bonds. The van der Waals surface area contributed by atoms with Crippen LogP contribution in [0.5, 0.6) is 0 Å². The third-order valence-corrected chi connectivity index (χ3v) is 5.87. The number of nitrogens with zero attached hydrogens (tertiary/aromatic N) is 2. The second kappa shape index (κ2) is 4.40. The Kier molecular flexibility index (Phi) is 2.79. The van der Waals surface area contributed by atoms with Crippen molar-refractivity contribution in [2.45, 2.75) is 51.4 Å². The molecule has 0 spiro atoms. The highest BCUT2D eigenvalue weighted by Crippen LogP contribution is 2.61. The average molecular weight is 318 g/mol. The molecule has 2 heterocycles. The first kappa shape index (κ1) is 15.2. The van der Waals surface area contributed by atoms with Gasteiger partial charge in [-0.1, -0.05) is 44.2 Å². The SMILES string of the molecule is CC1(C)OC2(C)N(/C1=C\C#N)c1ccc3ccccc3c1C2(C)C. The van der Waals surface area contributed by atoms with E-state index in [1.54, 1.807) is 6.08 Å². The zero-order valence-electron chi connectivity index (χ0n) is 14.8. The van der Waals surface area contributed by atoms with Gasteiger partial charge in [0.15, 0.2) is 5.72 Å². The van der Waals surface area contributed by atoms with Crippen molar-refractivity contribution >= 4 is 16.5 Å². The number of ether oxygens (including phenoxy) is 1. The number of fused-ring (bicyclic) bond motifs is 5. The number of hydrogen-bond donors (Lipinski definition) is 0. The Morgan fingerprint density at radius 2 is 1.75 bits per heavy atom. The molecule has 2 aromatic rings. The van der Waals surface area contributed by atoms with E-state index in [1.807, 2.05) is 13.8 Å². The van der Waals surface area contributed by atoms with Gasteiger partial charge in [-0.3, -0.25) is 0 Å². The monoisotopic (exact) mass is 318 g/mol. The molecule has 0 N–H and O–H groups in total. The van der Waals surface area contributed by atoms with Crippen molar-refractivity contribution in [1.29, 1.82) is 5.26 Å². The molecule has 3 nitrogen and oxygen atoms in total. The van der Waals surface area contributed by atoms with E-state index in [4.69, 9.17) is 4.74 Å². The smallest absolute Gasteiger partial charge is 0.152 e. The quantitative estimate of drug-likeness (QED) is 0.650. The lowest BCUT2D eigenvalue weighted by Gasteiger charge is -2.39. The van der Waals surface area contributed by atoms with Crippen LogP contribution in [0.3, 0.4) is 0 Å². The van der Waals surface area contributed by atoms with E-state index < -0.39 is 11.3 Å². The first-order valence-electron chi connectivity index (χ1n) is 8.37. The molecular formula is C21H22N2O. The average Bonchev–Trinajstić information content (AvgIpc) is 2.83. The molecule has 1 fully saturated rings. The Balaban J connectivity index is 2.10. The summed E-state index contributed by atoms with van der Waals surface area (Å²) in [4.78, 5) is 2.23. The predicted molar refractivity (Wildman–Crippen MR) is 96.7 cm³/mol. The normalized spacial score (nSPS) is 28.0. The van der Waals surface area contributed by atoms with Gasteiger partial charge in [0.2, 0.25) is 0 Å². The minimum absolute atomic E-state index is 0.217. The maximum absolute atomic E-state index is 9.30. The first-order valence-corrected chi connectivity index (χ1v) is 8.37. The van der Waals surface area contributed by atoms with E-state index in [-0.39, 0.29) is 5.41 Å². The van der Waals surface area contributed by atoms with Crippen molar-refractivity contribution in [2.24, 2.45) is 0 Å². The lowest BCUT2D eigenvalue weighted by molar-refractivity contribution is -0.0990. The Morgan fingerprint density at radius 1 is 1.04 bits per heavy atom. The van der Waals surface area contributed by atoms with Crippen molar-refractivity contribution < 1.29 is 4.74 Å². The van der Waals surface area contributed by atoms with Crippen molar-refractivity contribution in [3.05, 3.63) is 53.7 Å². The zero-order chi connectivity index (χ0) is 17.3. The summed E-state index contributed by atoms with van der Waals surface area (Å²) in [6.45, 7) is 10.7. The molecule has 1 unspecified atom stereocenters. The maximum Gasteiger partial charge on any atom is 0.152 e. The molecule has 2 aromatic carbocycles. The van der Waals surface area contributed by atoms with E-state index >= 15 is 0 Å². The van der Waals surface area contributed by atoms with Crippen LogP contribution in [-0.2, 0) is 10.2 Å². The van der Waals surface area contributed by atoms with Crippen LogP contribution in [0.4, 0.5) is 5.69 Å². The molecule has 0 bridgehead atoms. The fraction of sp³-hybridized carbons (Fsp3) is 0.381. The molecule has 0 aliphatic carbocycles. The second-order valence-electron chi connectivity index (χ2n) is 7.90. The van der Waals surface area contributed by atoms with Gasteiger partial charge in [0.05, 0.1) is 11.8 Å². The van der Waals surface area contributed by atoms with Crippen LogP contribution in [0.2, 0.25) is 0 Å². The number of allylic oxidation sites excluding steroid dienone is 1. The summed E-state index contributed by atoms with van der Waals surface area (Å²) in [5.74, 6) is 0. The van der Waals surface area contributed by atoms with Crippen LogP contribution in [0.25, 0.3) is 10.8 Å². The van der Waals surface area contributed by atoms with Gasteiger partial charge in [0.1, 0.15) is 5.60 Å². The van der Waals surface area contributed by atoms with E-state index in [1.165, 1.54) is 16.3 Å². The number of nitriles is 1. The number of benzene rings is 2. The third kappa shape index (κ3) is 1.59. The van der Waals surface area contributed by atoms with Gasteiger partial charge in [-0.15, -0.1) is 0 Å². The molecular weight excluding hydrogens is 296 g/mol. The minimum Gasteiger partial charge on any atom is -0.343 e. The van der Waals surface area contributed by atoms with Crippen LogP contribution in [-0.4, -0.2) is 11.3 Å². The van der Waals surface area contributed by atoms with Crippen LogP contribution < -0.4 is 4.90 Å². The topological polar surface area (TPSA) is 36.3 Å². The van der Waals surface area contributed by atoms with E-state index in [9.17, 15) is 5.26 Å². The molecule has 24 heavy (non-hydrogen) atoms. The molecule has 1 atom stereocenters. The largest absolute Gasteiger partial charge is 0.343 e. The fourth-order valence-corrected chi connectivity index (χ4v) is 4.50. The maximum atomic E-state index is 9.30. The highest BCUT2D eigenvalue weighted by Gasteiger charge is 2.64. The van der Waals surface area contributed by atoms with Gasteiger partial charge < -0.3 is 9.64 Å². The number of anilines is 1. The summed E-state index contributed by atoms with van der Waals surface area (Å²) in [7, 11) is 0. The number of rotatable bonds is 0. The van der Waals surface area contributed by atoms with Gasteiger partial charge in [-0.05, 0) is 43.2 Å². The summed E-state index contributed by atoms with van der Waals surface area (Å²) < 4.78 is 6.58. The standard InChI is InChI=1S/C21H22N2O/c1-19(2)18-15-9-7-6-8-14(15)10-11-16(18)23-17(12-13-22)20(3,4)24-21(19,23)5/h6-12H,1-5H3/b17-12-. The van der Waals surface area contributed by atoms with Gasteiger partial charge >= 0.3 is 0 Å². The molecule has 1 saturated heterocycles. The molecule has 0 radical (unpaired) electrons. The predicted octanol–water partition coefficient (Wildman–Crippen LogP) is 4.87. The summed E-state index contributed by atoms with van der Waals surface area (Å²) in [5, 5.41) is 11.8. The van der Waals surface area contributed by atoms with Gasteiger partial charge in [-0.2, -0.15) is 5.26 Å². The number of hydrogen-bond acceptors (Lipinski definition) is 3. The molecule has 3 heteroatoms. The third-order valence-electron chi connectivity index (χ3n) is 5.87. The van der Waals surface area contributed by atoms with Crippen LogP contribution >= 0.6 is 0 Å². The van der Waals surface area contributed by atoms with Gasteiger partial charge in [-0.25, -0.2) is 0 Å².